The SMILES string of the molecule is Cc1ccc(S(=O)(=O)n2c([C@@H]3C[C@H]3CNCc3ccc(Cl)cc3)cc3cc(Cl)ccc32)cc1. The zero-order valence-corrected chi connectivity index (χ0v) is 20.5. The number of fused-ring (bicyclic) bond motifs is 1. The molecule has 33 heavy (non-hydrogen) atoms. The summed E-state index contributed by atoms with van der Waals surface area (Å²) in [7, 11) is -3.74. The number of aromatic nitrogens is 1. The van der Waals surface area contributed by atoms with Gasteiger partial charge in [-0.1, -0.05) is 53.0 Å². The molecule has 0 radical (unpaired) electrons. The van der Waals surface area contributed by atoms with Crippen molar-refractivity contribution in [3.05, 3.63) is 99.7 Å². The summed E-state index contributed by atoms with van der Waals surface area (Å²) in [5, 5.41) is 5.66. The lowest BCUT2D eigenvalue weighted by Gasteiger charge is -2.13. The maximum absolute atomic E-state index is 13.7. The molecule has 1 aliphatic rings. The van der Waals surface area contributed by atoms with Crippen molar-refractivity contribution < 1.29 is 8.42 Å². The van der Waals surface area contributed by atoms with Gasteiger partial charge in [0.25, 0.3) is 10.0 Å². The van der Waals surface area contributed by atoms with Crippen molar-refractivity contribution in [1.82, 2.24) is 9.29 Å². The van der Waals surface area contributed by atoms with Crippen LogP contribution in [0.2, 0.25) is 10.0 Å². The first-order valence-electron chi connectivity index (χ1n) is 10.9. The molecule has 1 saturated carbocycles. The van der Waals surface area contributed by atoms with Gasteiger partial charge in [-0.3, -0.25) is 0 Å². The lowest BCUT2D eigenvalue weighted by Crippen LogP contribution is -2.18. The normalized spacial score (nSPS) is 18.0. The highest BCUT2D eigenvalue weighted by Crippen LogP contribution is 2.49. The smallest absolute Gasteiger partial charge is 0.268 e. The van der Waals surface area contributed by atoms with Gasteiger partial charge in [0.2, 0.25) is 0 Å². The first-order valence-corrected chi connectivity index (χ1v) is 13.1. The Balaban J connectivity index is 1.42. The van der Waals surface area contributed by atoms with Gasteiger partial charge in [-0.05, 0) is 79.9 Å². The summed E-state index contributed by atoms with van der Waals surface area (Å²) in [6, 6.07) is 22.2. The van der Waals surface area contributed by atoms with Gasteiger partial charge in [-0.25, -0.2) is 12.4 Å². The highest BCUT2D eigenvalue weighted by molar-refractivity contribution is 7.90. The quantitative estimate of drug-likeness (QED) is 0.321. The fraction of sp³-hybridized carbons (Fsp3) is 0.231. The van der Waals surface area contributed by atoms with Gasteiger partial charge in [-0.2, -0.15) is 0 Å². The average Bonchev–Trinajstić information content (AvgIpc) is 3.45. The zero-order chi connectivity index (χ0) is 23.2. The van der Waals surface area contributed by atoms with E-state index >= 15 is 0 Å². The Kier molecular flexibility index (Phi) is 6.00. The summed E-state index contributed by atoms with van der Waals surface area (Å²) in [4.78, 5) is 0.292. The van der Waals surface area contributed by atoms with E-state index in [9.17, 15) is 8.42 Å². The van der Waals surface area contributed by atoms with Crippen molar-refractivity contribution in [2.75, 3.05) is 6.54 Å². The van der Waals surface area contributed by atoms with Crippen molar-refractivity contribution in [2.24, 2.45) is 5.92 Å². The molecule has 170 valence electrons. The van der Waals surface area contributed by atoms with E-state index in [0.717, 1.165) is 41.2 Å². The van der Waals surface area contributed by atoms with Crippen LogP contribution in [0.4, 0.5) is 0 Å². The van der Waals surface area contributed by atoms with Crippen molar-refractivity contribution in [1.29, 1.82) is 0 Å². The van der Waals surface area contributed by atoms with Crippen molar-refractivity contribution in [3.8, 4) is 0 Å². The molecule has 1 aromatic heterocycles. The van der Waals surface area contributed by atoms with E-state index in [0.29, 0.717) is 21.4 Å². The van der Waals surface area contributed by atoms with Gasteiger partial charge < -0.3 is 5.32 Å². The molecule has 4 aromatic rings. The second kappa shape index (κ2) is 8.80. The molecule has 1 heterocycles. The second-order valence-electron chi connectivity index (χ2n) is 8.71. The standard InChI is InChI=1S/C26H24Cl2N2O2S/c1-17-2-9-23(10-3-17)33(31,32)30-25-11-8-22(28)12-19(25)14-26(30)24-13-20(24)16-29-15-18-4-6-21(27)7-5-18/h2-12,14,20,24,29H,13,15-16H2,1H3/t20-,24+/m0/s1. The van der Waals surface area contributed by atoms with Crippen molar-refractivity contribution in [2.45, 2.75) is 30.7 Å². The summed E-state index contributed by atoms with van der Waals surface area (Å²) < 4.78 is 28.9. The van der Waals surface area contributed by atoms with Crippen LogP contribution in [0.5, 0.6) is 0 Å². The first kappa shape index (κ1) is 22.5. The molecule has 2 atom stereocenters. The van der Waals surface area contributed by atoms with Crippen LogP contribution >= 0.6 is 23.2 Å². The fourth-order valence-corrected chi connectivity index (χ4v) is 6.25. The third kappa shape index (κ3) is 4.56. The van der Waals surface area contributed by atoms with E-state index < -0.39 is 10.0 Å². The summed E-state index contributed by atoms with van der Waals surface area (Å²) in [6.07, 6.45) is 0.946. The summed E-state index contributed by atoms with van der Waals surface area (Å²) in [6.45, 7) is 3.52. The number of hydrogen-bond acceptors (Lipinski definition) is 3. The number of halogens is 2. The molecule has 1 N–H and O–H groups in total. The Morgan fingerprint density at radius 1 is 0.939 bits per heavy atom. The lowest BCUT2D eigenvalue weighted by atomic mass is 10.2. The number of aryl methyl sites for hydroxylation is 1. The molecule has 3 aromatic carbocycles. The minimum Gasteiger partial charge on any atom is -0.312 e. The minimum absolute atomic E-state index is 0.175. The van der Waals surface area contributed by atoms with Gasteiger partial charge in [0.05, 0.1) is 10.4 Å². The third-order valence-electron chi connectivity index (χ3n) is 6.26. The summed E-state index contributed by atoms with van der Waals surface area (Å²) in [5.41, 5.74) is 3.68. The number of hydrogen-bond donors (Lipinski definition) is 1. The largest absolute Gasteiger partial charge is 0.312 e. The molecule has 5 rings (SSSR count). The Labute approximate surface area is 204 Å². The highest BCUT2D eigenvalue weighted by Gasteiger charge is 2.42. The molecule has 0 bridgehead atoms. The van der Waals surface area contributed by atoms with Gasteiger partial charge in [0, 0.05) is 33.6 Å². The minimum atomic E-state index is -3.74. The molecular weight excluding hydrogens is 475 g/mol. The maximum atomic E-state index is 13.7. The van der Waals surface area contributed by atoms with E-state index in [1.54, 1.807) is 24.3 Å². The van der Waals surface area contributed by atoms with Crippen LogP contribution in [-0.2, 0) is 16.6 Å². The predicted molar refractivity (Wildman–Crippen MR) is 135 cm³/mol. The van der Waals surface area contributed by atoms with Crippen LogP contribution in [0.3, 0.4) is 0 Å². The molecular formula is C26H24Cl2N2O2S. The number of nitrogens with zero attached hydrogens (tertiary/aromatic N) is 1. The topological polar surface area (TPSA) is 51.1 Å². The fourth-order valence-electron chi connectivity index (χ4n) is 4.36. The van der Waals surface area contributed by atoms with Crippen LogP contribution < -0.4 is 5.32 Å². The maximum Gasteiger partial charge on any atom is 0.268 e. The zero-order valence-electron chi connectivity index (χ0n) is 18.1. The second-order valence-corrected chi connectivity index (χ2v) is 11.4. The van der Waals surface area contributed by atoms with Crippen molar-refractivity contribution >= 4 is 44.1 Å². The predicted octanol–water partition coefficient (Wildman–Crippen LogP) is 6.39. The monoisotopic (exact) mass is 498 g/mol. The van der Waals surface area contributed by atoms with Gasteiger partial charge in [0.15, 0.2) is 0 Å². The van der Waals surface area contributed by atoms with E-state index in [2.05, 4.69) is 5.32 Å². The van der Waals surface area contributed by atoms with Crippen LogP contribution in [0.25, 0.3) is 10.9 Å². The van der Waals surface area contributed by atoms with Gasteiger partial charge in [0.1, 0.15) is 0 Å². The third-order valence-corrected chi connectivity index (χ3v) is 8.50. The van der Waals surface area contributed by atoms with Crippen LogP contribution in [0.1, 0.15) is 29.2 Å². The Morgan fingerprint density at radius 3 is 2.36 bits per heavy atom. The number of benzene rings is 3. The average molecular weight is 499 g/mol. The molecule has 0 spiro atoms. The Morgan fingerprint density at radius 2 is 1.64 bits per heavy atom. The molecule has 1 fully saturated rings. The molecule has 1 aliphatic carbocycles. The molecule has 0 unspecified atom stereocenters. The highest BCUT2D eigenvalue weighted by atomic mass is 35.5. The van der Waals surface area contributed by atoms with Gasteiger partial charge in [-0.15, -0.1) is 0 Å². The lowest BCUT2D eigenvalue weighted by molar-refractivity contribution is 0.584. The number of rotatable bonds is 7. The summed E-state index contributed by atoms with van der Waals surface area (Å²) >= 11 is 12.2. The van der Waals surface area contributed by atoms with Crippen LogP contribution in [-0.4, -0.2) is 18.9 Å². The van der Waals surface area contributed by atoms with Crippen LogP contribution in [0.15, 0.2) is 77.7 Å². The van der Waals surface area contributed by atoms with E-state index in [-0.39, 0.29) is 5.92 Å². The summed E-state index contributed by atoms with van der Waals surface area (Å²) in [5.74, 6) is 0.554. The Hall–Kier alpha value is -2.31. The number of nitrogens with one attached hydrogen (secondary N) is 1. The molecule has 4 nitrogen and oxygen atoms in total. The van der Waals surface area contributed by atoms with E-state index in [4.69, 9.17) is 23.2 Å². The molecule has 7 heteroatoms. The van der Waals surface area contributed by atoms with E-state index in [1.165, 1.54) is 9.54 Å². The van der Waals surface area contributed by atoms with E-state index in [1.807, 2.05) is 55.5 Å². The molecule has 0 amide bonds. The first-order chi connectivity index (χ1) is 15.8. The van der Waals surface area contributed by atoms with Crippen LogP contribution in [0, 0.1) is 12.8 Å². The molecule has 0 saturated heterocycles. The van der Waals surface area contributed by atoms with Crippen molar-refractivity contribution in [3.63, 3.8) is 0 Å². The molecule has 0 aliphatic heterocycles. The van der Waals surface area contributed by atoms with Gasteiger partial charge >= 0.3 is 0 Å². The Bertz CT molecular complexity index is 1410.